The van der Waals surface area contributed by atoms with E-state index < -0.39 is 0 Å². The monoisotopic (exact) mass is 179 g/mol. The van der Waals surface area contributed by atoms with E-state index in [1.54, 1.807) is 0 Å². The van der Waals surface area contributed by atoms with Crippen LogP contribution in [0.3, 0.4) is 0 Å². The average Bonchev–Trinajstić information content (AvgIpc) is 2.55. The van der Waals surface area contributed by atoms with E-state index in [0.717, 1.165) is 6.04 Å². The van der Waals surface area contributed by atoms with Gasteiger partial charge in [-0.15, -0.1) is 0 Å². The first-order chi connectivity index (χ1) is 6.47. The molecule has 1 atom stereocenters. The zero-order chi connectivity index (χ0) is 8.93. The third-order valence-electron chi connectivity index (χ3n) is 3.39. The normalized spacial score (nSPS) is 31.5. The molecule has 0 aromatic heterocycles. The van der Waals surface area contributed by atoms with Gasteiger partial charge in [-0.05, 0) is 51.6 Å². The number of allylic oxidation sites excluding steroid dienone is 1. The molecule has 1 saturated heterocycles. The van der Waals surface area contributed by atoms with Gasteiger partial charge in [-0.25, -0.2) is 0 Å². The van der Waals surface area contributed by atoms with E-state index in [1.165, 1.54) is 58.0 Å². The van der Waals surface area contributed by atoms with Crippen molar-refractivity contribution in [3.63, 3.8) is 0 Å². The predicted molar refractivity (Wildman–Crippen MR) is 56.8 cm³/mol. The lowest BCUT2D eigenvalue weighted by Crippen LogP contribution is -2.32. The van der Waals surface area contributed by atoms with E-state index in [0.29, 0.717) is 0 Å². The molecule has 0 aromatic carbocycles. The fourth-order valence-corrected chi connectivity index (χ4v) is 2.57. The molecule has 0 aromatic rings. The van der Waals surface area contributed by atoms with Crippen LogP contribution in [0.25, 0.3) is 0 Å². The molecule has 0 spiro atoms. The largest absolute Gasteiger partial charge is 0.300 e. The van der Waals surface area contributed by atoms with E-state index in [2.05, 4.69) is 17.1 Å². The van der Waals surface area contributed by atoms with E-state index in [9.17, 15) is 0 Å². The molecule has 1 heterocycles. The number of nitrogens with zero attached hydrogens (tertiary/aromatic N) is 1. The highest BCUT2D eigenvalue weighted by Crippen LogP contribution is 2.21. The van der Waals surface area contributed by atoms with Crippen LogP contribution in [0.1, 0.15) is 44.9 Å². The van der Waals surface area contributed by atoms with Gasteiger partial charge in [0, 0.05) is 6.04 Å². The number of hydrogen-bond donors (Lipinski definition) is 0. The Balaban J connectivity index is 1.87. The van der Waals surface area contributed by atoms with E-state index in [4.69, 9.17) is 0 Å². The Kier molecular flexibility index (Phi) is 3.42. The van der Waals surface area contributed by atoms with Gasteiger partial charge in [0.15, 0.2) is 0 Å². The van der Waals surface area contributed by atoms with Crippen molar-refractivity contribution in [3.8, 4) is 0 Å². The number of hydrogen-bond acceptors (Lipinski definition) is 1. The molecule has 1 heteroatoms. The van der Waals surface area contributed by atoms with Gasteiger partial charge in [0.05, 0.1) is 0 Å². The second-order valence-electron chi connectivity index (χ2n) is 4.39. The summed E-state index contributed by atoms with van der Waals surface area (Å²) in [5.74, 6) is 0. The maximum Gasteiger partial charge on any atom is 0.0130 e. The lowest BCUT2D eigenvalue weighted by Gasteiger charge is -2.27. The van der Waals surface area contributed by atoms with Crippen molar-refractivity contribution in [1.82, 2.24) is 4.90 Å². The molecular weight excluding hydrogens is 158 g/mol. The Morgan fingerprint density at radius 1 is 0.923 bits per heavy atom. The van der Waals surface area contributed by atoms with Gasteiger partial charge in [0.1, 0.15) is 0 Å². The quantitative estimate of drug-likeness (QED) is 0.559. The van der Waals surface area contributed by atoms with Gasteiger partial charge in [-0.3, -0.25) is 0 Å². The molecule has 2 aliphatic rings. The Labute approximate surface area is 81.8 Å². The van der Waals surface area contributed by atoms with Gasteiger partial charge in [-0.1, -0.05) is 18.6 Å². The first kappa shape index (κ1) is 9.26. The maximum absolute atomic E-state index is 2.70. The fourth-order valence-electron chi connectivity index (χ4n) is 2.57. The smallest absolute Gasteiger partial charge is 0.0130 e. The standard InChI is InChI=1S/C12H21N/c1-2-4-8-12(9-5-3-1)13-10-6-7-11-13/h2,4,12H,1,3,5-11H2. The molecule has 74 valence electrons. The molecule has 13 heavy (non-hydrogen) atoms. The van der Waals surface area contributed by atoms with Crippen molar-refractivity contribution >= 4 is 0 Å². The topological polar surface area (TPSA) is 3.24 Å². The predicted octanol–water partition coefficient (Wildman–Crippen LogP) is 2.97. The lowest BCUT2D eigenvalue weighted by atomic mass is 10.0. The summed E-state index contributed by atoms with van der Waals surface area (Å²) in [6.45, 7) is 2.72. The molecular formula is C12H21N. The Morgan fingerprint density at radius 2 is 1.77 bits per heavy atom. The van der Waals surface area contributed by atoms with Crippen LogP contribution < -0.4 is 0 Å². The van der Waals surface area contributed by atoms with Crippen LogP contribution in [-0.2, 0) is 0 Å². The van der Waals surface area contributed by atoms with Crippen molar-refractivity contribution in [1.29, 1.82) is 0 Å². The highest BCUT2D eigenvalue weighted by atomic mass is 15.2. The average molecular weight is 179 g/mol. The molecule has 1 aliphatic carbocycles. The second-order valence-corrected chi connectivity index (χ2v) is 4.39. The minimum Gasteiger partial charge on any atom is -0.300 e. The summed E-state index contributed by atoms with van der Waals surface area (Å²) in [6, 6.07) is 0.874. The number of likely N-dealkylation sites (tertiary alicyclic amines) is 1. The minimum atomic E-state index is 0.874. The molecule has 0 N–H and O–H groups in total. The summed E-state index contributed by atoms with van der Waals surface area (Å²) in [4.78, 5) is 2.70. The molecule has 0 saturated carbocycles. The van der Waals surface area contributed by atoms with E-state index in [1.807, 2.05) is 0 Å². The summed E-state index contributed by atoms with van der Waals surface area (Å²) in [5.41, 5.74) is 0. The van der Waals surface area contributed by atoms with Gasteiger partial charge >= 0.3 is 0 Å². The molecule has 0 radical (unpaired) electrons. The van der Waals surface area contributed by atoms with Crippen LogP contribution in [0.2, 0.25) is 0 Å². The van der Waals surface area contributed by atoms with Gasteiger partial charge in [0.2, 0.25) is 0 Å². The Bertz CT molecular complexity index is 168. The van der Waals surface area contributed by atoms with Crippen LogP contribution in [0.4, 0.5) is 0 Å². The molecule has 1 unspecified atom stereocenters. The zero-order valence-corrected chi connectivity index (χ0v) is 8.54. The lowest BCUT2D eigenvalue weighted by molar-refractivity contribution is 0.226. The third kappa shape index (κ3) is 2.57. The van der Waals surface area contributed by atoms with Crippen LogP contribution in [-0.4, -0.2) is 24.0 Å². The van der Waals surface area contributed by atoms with Crippen molar-refractivity contribution in [3.05, 3.63) is 12.2 Å². The maximum atomic E-state index is 2.70. The van der Waals surface area contributed by atoms with Gasteiger partial charge in [-0.2, -0.15) is 0 Å². The van der Waals surface area contributed by atoms with E-state index in [-0.39, 0.29) is 0 Å². The fraction of sp³-hybridized carbons (Fsp3) is 0.833. The SMILES string of the molecule is C1=CCC(N2CCCC2)CCCC1. The highest BCUT2D eigenvalue weighted by Gasteiger charge is 2.20. The molecule has 0 bridgehead atoms. The summed E-state index contributed by atoms with van der Waals surface area (Å²) >= 11 is 0. The first-order valence-electron chi connectivity index (χ1n) is 5.86. The Morgan fingerprint density at radius 3 is 2.62 bits per heavy atom. The van der Waals surface area contributed by atoms with Gasteiger partial charge in [0.25, 0.3) is 0 Å². The van der Waals surface area contributed by atoms with E-state index >= 15 is 0 Å². The second kappa shape index (κ2) is 4.80. The van der Waals surface area contributed by atoms with Crippen molar-refractivity contribution < 1.29 is 0 Å². The van der Waals surface area contributed by atoms with Crippen LogP contribution in [0.5, 0.6) is 0 Å². The minimum absolute atomic E-state index is 0.874. The summed E-state index contributed by atoms with van der Waals surface area (Å²) in [6.07, 6.45) is 14.5. The van der Waals surface area contributed by atoms with Crippen molar-refractivity contribution in [2.75, 3.05) is 13.1 Å². The molecule has 2 rings (SSSR count). The molecule has 1 aliphatic heterocycles. The molecule has 0 amide bonds. The first-order valence-corrected chi connectivity index (χ1v) is 5.86. The Hall–Kier alpha value is -0.300. The molecule has 1 nitrogen and oxygen atoms in total. The van der Waals surface area contributed by atoms with Crippen molar-refractivity contribution in [2.45, 2.75) is 51.0 Å². The summed E-state index contributed by atoms with van der Waals surface area (Å²) in [7, 11) is 0. The highest BCUT2D eigenvalue weighted by molar-refractivity contribution is 4.90. The van der Waals surface area contributed by atoms with Crippen molar-refractivity contribution in [2.24, 2.45) is 0 Å². The summed E-state index contributed by atoms with van der Waals surface area (Å²) < 4.78 is 0. The van der Waals surface area contributed by atoms with Crippen LogP contribution in [0.15, 0.2) is 12.2 Å². The van der Waals surface area contributed by atoms with Gasteiger partial charge < -0.3 is 4.90 Å². The van der Waals surface area contributed by atoms with Crippen LogP contribution >= 0.6 is 0 Å². The molecule has 1 fully saturated rings. The number of rotatable bonds is 1. The zero-order valence-electron chi connectivity index (χ0n) is 8.54. The van der Waals surface area contributed by atoms with Crippen LogP contribution in [0, 0.1) is 0 Å². The summed E-state index contributed by atoms with van der Waals surface area (Å²) in [5, 5.41) is 0. The third-order valence-corrected chi connectivity index (χ3v) is 3.39.